The van der Waals surface area contributed by atoms with Gasteiger partial charge in [-0.05, 0) is 26.0 Å². The largest absolute Gasteiger partial charge is 0.288 e. The van der Waals surface area contributed by atoms with Crippen molar-refractivity contribution in [1.29, 1.82) is 5.26 Å². The second-order valence-electron chi connectivity index (χ2n) is 3.79. The third-order valence-electron chi connectivity index (χ3n) is 2.39. The highest BCUT2D eigenvalue weighted by Crippen LogP contribution is 2.01. The zero-order valence-corrected chi connectivity index (χ0v) is 9.35. The SMILES string of the molecule is CC(C)N(CC#N)CCc1ccccn1. The van der Waals surface area contributed by atoms with E-state index in [-0.39, 0.29) is 0 Å². The van der Waals surface area contributed by atoms with Gasteiger partial charge in [0.05, 0.1) is 12.6 Å². The molecule has 0 aliphatic rings. The van der Waals surface area contributed by atoms with Gasteiger partial charge >= 0.3 is 0 Å². The van der Waals surface area contributed by atoms with Crippen molar-refractivity contribution in [1.82, 2.24) is 9.88 Å². The van der Waals surface area contributed by atoms with Crippen LogP contribution < -0.4 is 0 Å². The van der Waals surface area contributed by atoms with E-state index in [9.17, 15) is 0 Å². The van der Waals surface area contributed by atoms with Crippen LogP contribution in [0.3, 0.4) is 0 Å². The molecule has 1 aromatic rings. The van der Waals surface area contributed by atoms with Crippen molar-refractivity contribution >= 4 is 0 Å². The van der Waals surface area contributed by atoms with Crippen molar-refractivity contribution in [2.24, 2.45) is 0 Å². The quantitative estimate of drug-likeness (QED) is 0.686. The summed E-state index contributed by atoms with van der Waals surface area (Å²) < 4.78 is 0. The average Bonchev–Trinajstić information content (AvgIpc) is 2.25. The van der Waals surface area contributed by atoms with Crippen LogP contribution in [0.2, 0.25) is 0 Å². The van der Waals surface area contributed by atoms with E-state index in [1.165, 1.54) is 0 Å². The Labute approximate surface area is 91.4 Å². The van der Waals surface area contributed by atoms with Gasteiger partial charge in [0, 0.05) is 30.9 Å². The van der Waals surface area contributed by atoms with Crippen molar-refractivity contribution in [2.75, 3.05) is 13.1 Å². The highest BCUT2D eigenvalue weighted by Gasteiger charge is 2.08. The summed E-state index contributed by atoms with van der Waals surface area (Å²) >= 11 is 0. The highest BCUT2D eigenvalue weighted by atomic mass is 15.1. The lowest BCUT2D eigenvalue weighted by molar-refractivity contribution is 0.251. The summed E-state index contributed by atoms with van der Waals surface area (Å²) in [4.78, 5) is 6.41. The minimum atomic E-state index is 0.411. The molecule has 0 N–H and O–H groups in total. The minimum Gasteiger partial charge on any atom is -0.288 e. The normalized spacial score (nSPS) is 10.6. The summed E-state index contributed by atoms with van der Waals surface area (Å²) in [6, 6.07) is 8.53. The molecule has 0 unspecified atom stereocenters. The molecule has 1 heterocycles. The van der Waals surface area contributed by atoms with E-state index < -0.39 is 0 Å². The summed E-state index contributed by atoms with van der Waals surface area (Å²) in [6.45, 7) is 5.60. The number of nitriles is 1. The minimum absolute atomic E-state index is 0.411. The molecule has 0 fully saturated rings. The predicted molar refractivity (Wildman–Crippen MR) is 60.3 cm³/mol. The molecule has 0 aliphatic heterocycles. The molecule has 0 spiro atoms. The Morgan fingerprint density at radius 1 is 1.47 bits per heavy atom. The Balaban J connectivity index is 2.44. The Hall–Kier alpha value is -1.40. The topological polar surface area (TPSA) is 39.9 Å². The van der Waals surface area contributed by atoms with Crippen LogP contribution in [0.1, 0.15) is 19.5 Å². The zero-order valence-electron chi connectivity index (χ0n) is 9.35. The van der Waals surface area contributed by atoms with Crippen molar-refractivity contribution < 1.29 is 0 Å². The standard InChI is InChI=1S/C12H17N3/c1-11(2)15(10-7-13)9-6-12-5-3-4-8-14-12/h3-5,8,11H,6,9-10H2,1-2H3. The number of hydrogen-bond donors (Lipinski definition) is 0. The molecule has 0 bridgehead atoms. The average molecular weight is 203 g/mol. The molecule has 0 saturated carbocycles. The molecule has 0 amide bonds. The van der Waals surface area contributed by atoms with E-state index >= 15 is 0 Å². The lowest BCUT2D eigenvalue weighted by atomic mass is 10.2. The van der Waals surface area contributed by atoms with Gasteiger partial charge in [0.1, 0.15) is 0 Å². The highest BCUT2D eigenvalue weighted by molar-refractivity contribution is 5.03. The monoisotopic (exact) mass is 203 g/mol. The lowest BCUT2D eigenvalue weighted by Gasteiger charge is -2.22. The molecule has 0 aromatic carbocycles. The number of nitrogens with zero attached hydrogens (tertiary/aromatic N) is 3. The summed E-state index contributed by atoms with van der Waals surface area (Å²) in [6.07, 6.45) is 2.71. The summed E-state index contributed by atoms with van der Waals surface area (Å²) in [7, 11) is 0. The van der Waals surface area contributed by atoms with Gasteiger partial charge in [-0.25, -0.2) is 0 Å². The maximum atomic E-state index is 8.68. The number of pyridine rings is 1. The van der Waals surface area contributed by atoms with Crippen molar-refractivity contribution in [3.63, 3.8) is 0 Å². The predicted octanol–water partition coefficient (Wildman–Crippen LogP) is 1.86. The fraction of sp³-hybridized carbons (Fsp3) is 0.500. The molecule has 0 aliphatic carbocycles. The van der Waals surface area contributed by atoms with E-state index in [2.05, 4.69) is 29.8 Å². The Morgan fingerprint density at radius 3 is 2.80 bits per heavy atom. The molecular weight excluding hydrogens is 186 g/mol. The molecular formula is C12H17N3. The van der Waals surface area contributed by atoms with Crippen LogP contribution in [-0.4, -0.2) is 29.0 Å². The Kier molecular flexibility index (Phi) is 4.79. The van der Waals surface area contributed by atoms with E-state index in [4.69, 9.17) is 5.26 Å². The smallest absolute Gasteiger partial charge is 0.0868 e. The van der Waals surface area contributed by atoms with Crippen molar-refractivity contribution in [3.8, 4) is 6.07 Å². The van der Waals surface area contributed by atoms with Gasteiger partial charge in [-0.1, -0.05) is 6.07 Å². The van der Waals surface area contributed by atoms with Crippen LogP contribution in [0.15, 0.2) is 24.4 Å². The first-order valence-electron chi connectivity index (χ1n) is 5.25. The molecule has 3 nitrogen and oxygen atoms in total. The first kappa shape index (κ1) is 11.7. The third-order valence-corrected chi connectivity index (χ3v) is 2.39. The maximum Gasteiger partial charge on any atom is 0.0868 e. The lowest BCUT2D eigenvalue weighted by Crippen LogP contribution is -2.33. The van der Waals surface area contributed by atoms with Crippen LogP contribution in [-0.2, 0) is 6.42 Å². The fourth-order valence-corrected chi connectivity index (χ4v) is 1.41. The van der Waals surface area contributed by atoms with Gasteiger partial charge in [0.25, 0.3) is 0 Å². The second kappa shape index (κ2) is 6.15. The Bertz CT molecular complexity index is 313. The Morgan fingerprint density at radius 2 is 2.27 bits per heavy atom. The van der Waals surface area contributed by atoms with E-state index in [0.29, 0.717) is 12.6 Å². The van der Waals surface area contributed by atoms with E-state index in [0.717, 1.165) is 18.7 Å². The number of hydrogen-bond acceptors (Lipinski definition) is 3. The molecule has 80 valence electrons. The molecule has 0 saturated heterocycles. The maximum absolute atomic E-state index is 8.68. The van der Waals surface area contributed by atoms with Crippen LogP contribution in [0.5, 0.6) is 0 Å². The van der Waals surface area contributed by atoms with E-state index in [1.807, 2.05) is 18.2 Å². The molecule has 0 radical (unpaired) electrons. The molecule has 15 heavy (non-hydrogen) atoms. The van der Waals surface area contributed by atoms with Gasteiger partial charge in [-0.2, -0.15) is 5.26 Å². The van der Waals surface area contributed by atoms with Crippen LogP contribution in [0.25, 0.3) is 0 Å². The second-order valence-corrected chi connectivity index (χ2v) is 3.79. The van der Waals surface area contributed by atoms with E-state index in [1.54, 1.807) is 6.20 Å². The van der Waals surface area contributed by atoms with Gasteiger partial charge < -0.3 is 0 Å². The third kappa shape index (κ3) is 4.09. The summed E-state index contributed by atoms with van der Waals surface area (Å²) in [5.74, 6) is 0. The zero-order chi connectivity index (χ0) is 11.1. The number of rotatable bonds is 5. The van der Waals surface area contributed by atoms with Crippen LogP contribution in [0, 0.1) is 11.3 Å². The van der Waals surface area contributed by atoms with Gasteiger partial charge in [0.15, 0.2) is 0 Å². The first-order chi connectivity index (χ1) is 7.24. The first-order valence-corrected chi connectivity index (χ1v) is 5.25. The molecule has 0 atom stereocenters. The molecule has 3 heteroatoms. The van der Waals surface area contributed by atoms with Gasteiger partial charge in [-0.15, -0.1) is 0 Å². The molecule has 1 rings (SSSR count). The summed E-state index contributed by atoms with van der Waals surface area (Å²) in [5, 5.41) is 8.68. The summed E-state index contributed by atoms with van der Waals surface area (Å²) in [5.41, 5.74) is 1.08. The van der Waals surface area contributed by atoms with Gasteiger partial charge in [0.2, 0.25) is 0 Å². The van der Waals surface area contributed by atoms with Crippen molar-refractivity contribution in [2.45, 2.75) is 26.3 Å². The van der Waals surface area contributed by atoms with Crippen LogP contribution in [0.4, 0.5) is 0 Å². The number of aromatic nitrogens is 1. The van der Waals surface area contributed by atoms with Crippen LogP contribution >= 0.6 is 0 Å². The molecule has 1 aromatic heterocycles. The fourth-order valence-electron chi connectivity index (χ4n) is 1.41. The van der Waals surface area contributed by atoms with Gasteiger partial charge in [-0.3, -0.25) is 9.88 Å². The van der Waals surface area contributed by atoms with Crippen molar-refractivity contribution in [3.05, 3.63) is 30.1 Å².